The maximum absolute atomic E-state index is 14.0. The summed E-state index contributed by atoms with van der Waals surface area (Å²) in [4.78, 5) is 64.3. The van der Waals surface area contributed by atoms with E-state index < -0.39 is 58.1 Å². The second-order valence-corrected chi connectivity index (χ2v) is 12.1. The van der Waals surface area contributed by atoms with Gasteiger partial charge in [-0.05, 0) is 58.6 Å². The third-order valence-electron chi connectivity index (χ3n) is 7.66. The van der Waals surface area contributed by atoms with Gasteiger partial charge in [0.2, 0.25) is 11.8 Å². The molecule has 13 heteroatoms. The van der Waals surface area contributed by atoms with Gasteiger partial charge in [0.1, 0.15) is 35.1 Å². The van der Waals surface area contributed by atoms with Gasteiger partial charge in [-0.15, -0.1) is 0 Å². The van der Waals surface area contributed by atoms with Crippen LogP contribution in [0.5, 0.6) is 5.75 Å². The van der Waals surface area contributed by atoms with Crippen LogP contribution < -0.4 is 15.4 Å². The average molecular weight is 587 g/mol. The van der Waals surface area contributed by atoms with E-state index >= 15 is 0 Å². The zero-order valence-corrected chi connectivity index (χ0v) is 24.0. The third kappa shape index (κ3) is 7.37. The molecule has 1 aromatic carbocycles. The lowest BCUT2D eigenvalue weighted by molar-refractivity contribution is -0.384. The van der Waals surface area contributed by atoms with Crippen LogP contribution in [0.15, 0.2) is 36.4 Å². The standard InChI is InChI=1S/C29H38N4O9/c1-28(2,3)42-27(38)30-22-10-8-6-4-5-7-9-18-16-29(18,26(36)37)31-24(34)23-15-21(17-32(23)25(22)35)41-20-13-11-19(12-14-20)33(39)40/h7,9,11-14,18,21-23H,4-6,8,10,15-17H2,1-3H3,(H,30,38)(H,31,34)(H,36,37)/b9-7+. The van der Waals surface area contributed by atoms with E-state index in [-0.39, 0.29) is 31.0 Å². The van der Waals surface area contributed by atoms with E-state index in [1.54, 1.807) is 20.8 Å². The highest BCUT2D eigenvalue weighted by molar-refractivity contribution is 5.96. The molecule has 13 nitrogen and oxygen atoms in total. The number of aliphatic carboxylic acids is 1. The van der Waals surface area contributed by atoms with Gasteiger partial charge in [0, 0.05) is 24.5 Å². The van der Waals surface area contributed by atoms with E-state index in [1.807, 2.05) is 12.2 Å². The molecular weight excluding hydrogens is 548 g/mol. The lowest BCUT2D eigenvalue weighted by Crippen LogP contribution is -2.56. The van der Waals surface area contributed by atoms with E-state index in [2.05, 4.69) is 10.6 Å². The van der Waals surface area contributed by atoms with Crippen molar-refractivity contribution in [1.82, 2.24) is 15.5 Å². The number of allylic oxidation sites excluding steroid dienone is 1. The van der Waals surface area contributed by atoms with Crippen LogP contribution in [-0.2, 0) is 19.1 Å². The lowest BCUT2D eigenvalue weighted by Gasteiger charge is -2.30. The van der Waals surface area contributed by atoms with E-state index in [1.165, 1.54) is 29.2 Å². The number of rotatable bonds is 5. The summed E-state index contributed by atoms with van der Waals surface area (Å²) in [5, 5.41) is 26.4. The van der Waals surface area contributed by atoms with Crippen molar-refractivity contribution in [1.29, 1.82) is 0 Å². The van der Waals surface area contributed by atoms with E-state index in [0.29, 0.717) is 18.6 Å². The molecule has 1 saturated heterocycles. The Kier molecular flexibility index (Phi) is 9.07. The maximum atomic E-state index is 14.0. The lowest BCUT2D eigenvalue weighted by atomic mass is 10.0. The second kappa shape index (κ2) is 12.4. The number of benzene rings is 1. The Morgan fingerprint density at radius 3 is 2.52 bits per heavy atom. The number of nitrogens with zero attached hydrogens (tertiary/aromatic N) is 2. The van der Waals surface area contributed by atoms with Crippen LogP contribution in [0, 0.1) is 16.0 Å². The summed E-state index contributed by atoms with van der Waals surface area (Å²) in [6, 6.07) is 3.41. The van der Waals surface area contributed by atoms with Crippen molar-refractivity contribution in [2.45, 2.75) is 95.0 Å². The predicted octanol–water partition coefficient (Wildman–Crippen LogP) is 3.32. The van der Waals surface area contributed by atoms with E-state index in [0.717, 1.165) is 19.3 Å². The third-order valence-corrected chi connectivity index (χ3v) is 7.66. The summed E-state index contributed by atoms with van der Waals surface area (Å²) in [7, 11) is 0. The van der Waals surface area contributed by atoms with Crippen LogP contribution in [-0.4, -0.2) is 74.7 Å². The summed E-state index contributed by atoms with van der Waals surface area (Å²) < 4.78 is 11.4. The first-order valence-corrected chi connectivity index (χ1v) is 14.2. The molecule has 0 aromatic heterocycles. The molecule has 2 heterocycles. The molecule has 0 bridgehead atoms. The highest BCUT2D eigenvalue weighted by Gasteiger charge is 2.61. The minimum absolute atomic E-state index is 0.0101. The highest BCUT2D eigenvalue weighted by atomic mass is 16.6. The molecule has 4 rings (SSSR count). The van der Waals surface area contributed by atoms with Crippen molar-refractivity contribution < 1.29 is 38.7 Å². The quantitative estimate of drug-likeness (QED) is 0.265. The first kappa shape index (κ1) is 30.8. The molecule has 228 valence electrons. The number of nitro groups is 1. The smallest absolute Gasteiger partial charge is 0.408 e. The fourth-order valence-electron chi connectivity index (χ4n) is 5.44. The number of alkyl carbamates (subject to hydrolysis) is 1. The van der Waals surface area contributed by atoms with Crippen LogP contribution in [0.3, 0.4) is 0 Å². The van der Waals surface area contributed by atoms with Gasteiger partial charge in [-0.3, -0.25) is 19.7 Å². The van der Waals surface area contributed by atoms with Gasteiger partial charge in [0.05, 0.1) is 11.5 Å². The number of hydrogen-bond acceptors (Lipinski definition) is 8. The largest absolute Gasteiger partial charge is 0.488 e. The normalized spacial score (nSPS) is 29.1. The molecule has 1 saturated carbocycles. The van der Waals surface area contributed by atoms with Gasteiger partial charge in [0.25, 0.3) is 5.69 Å². The number of nitrogens with one attached hydrogen (secondary N) is 2. The summed E-state index contributed by atoms with van der Waals surface area (Å²) in [6.07, 6.45) is 5.94. The molecule has 3 N–H and O–H groups in total. The monoisotopic (exact) mass is 586 g/mol. The van der Waals surface area contributed by atoms with Gasteiger partial charge in [-0.1, -0.05) is 25.0 Å². The fraction of sp³-hybridized carbons (Fsp3) is 0.586. The van der Waals surface area contributed by atoms with Gasteiger partial charge in [-0.2, -0.15) is 0 Å². The Bertz CT molecular complexity index is 1240. The molecule has 2 fully saturated rings. The number of carbonyl (C=O) groups excluding carboxylic acids is 3. The summed E-state index contributed by atoms with van der Waals surface area (Å²) in [6.45, 7) is 5.12. The molecule has 3 amide bonds. The minimum Gasteiger partial charge on any atom is -0.488 e. The molecule has 5 atom stereocenters. The van der Waals surface area contributed by atoms with Crippen LogP contribution in [0.25, 0.3) is 0 Å². The zero-order chi connectivity index (χ0) is 30.7. The maximum Gasteiger partial charge on any atom is 0.408 e. The number of carboxylic acid groups (broad SMARTS) is 1. The van der Waals surface area contributed by atoms with Crippen molar-refractivity contribution in [2.24, 2.45) is 5.92 Å². The van der Waals surface area contributed by atoms with Crippen LogP contribution in [0.4, 0.5) is 10.5 Å². The summed E-state index contributed by atoms with van der Waals surface area (Å²) in [5.74, 6) is -2.31. The van der Waals surface area contributed by atoms with E-state index in [4.69, 9.17) is 9.47 Å². The van der Waals surface area contributed by atoms with Crippen molar-refractivity contribution in [2.75, 3.05) is 6.54 Å². The van der Waals surface area contributed by atoms with Crippen LogP contribution in [0.1, 0.15) is 65.7 Å². The number of non-ortho nitro benzene ring substituents is 1. The second-order valence-electron chi connectivity index (χ2n) is 12.1. The van der Waals surface area contributed by atoms with Crippen molar-refractivity contribution in [3.8, 4) is 5.75 Å². The number of carbonyl (C=O) groups is 4. The van der Waals surface area contributed by atoms with Crippen molar-refractivity contribution >= 4 is 29.6 Å². The first-order chi connectivity index (χ1) is 19.8. The Hall–Kier alpha value is -4.16. The van der Waals surface area contributed by atoms with Gasteiger partial charge < -0.3 is 30.1 Å². The average Bonchev–Trinajstić information content (AvgIpc) is 3.44. The van der Waals surface area contributed by atoms with E-state index in [9.17, 15) is 34.4 Å². The Labute approximate surface area is 243 Å². The number of ether oxygens (including phenoxy) is 2. The Balaban J connectivity index is 1.60. The molecule has 3 aliphatic rings. The fourth-order valence-corrected chi connectivity index (χ4v) is 5.44. The number of fused-ring (bicyclic) bond motifs is 2. The minimum atomic E-state index is -1.45. The Morgan fingerprint density at radius 2 is 1.88 bits per heavy atom. The number of nitro benzene ring substituents is 1. The number of hydrogen-bond donors (Lipinski definition) is 3. The Morgan fingerprint density at radius 1 is 1.17 bits per heavy atom. The van der Waals surface area contributed by atoms with Crippen molar-refractivity contribution in [3.05, 3.63) is 46.5 Å². The topological polar surface area (TPSA) is 177 Å². The molecule has 0 radical (unpaired) electrons. The van der Waals surface area contributed by atoms with Gasteiger partial charge in [0.15, 0.2) is 0 Å². The van der Waals surface area contributed by atoms with Gasteiger partial charge in [-0.25, -0.2) is 9.59 Å². The molecule has 42 heavy (non-hydrogen) atoms. The SMILES string of the molecule is CC(C)(C)OC(=O)NC1CCCCC/C=C/C2CC2(C(=O)O)NC(=O)C2CC(Oc3ccc([N+](=O)[O-])cc3)CN2C1=O. The van der Waals surface area contributed by atoms with Crippen LogP contribution >= 0.6 is 0 Å². The number of carboxylic acids is 1. The zero-order valence-electron chi connectivity index (χ0n) is 24.0. The predicted molar refractivity (Wildman–Crippen MR) is 150 cm³/mol. The first-order valence-electron chi connectivity index (χ1n) is 14.2. The summed E-state index contributed by atoms with van der Waals surface area (Å²) in [5.41, 5.74) is -2.35. The molecule has 1 aromatic rings. The molecule has 2 aliphatic heterocycles. The van der Waals surface area contributed by atoms with Crippen molar-refractivity contribution in [3.63, 3.8) is 0 Å². The molecule has 1 aliphatic carbocycles. The molecule has 0 spiro atoms. The van der Waals surface area contributed by atoms with Crippen LogP contribution in [0.2, 0.25) is 0 Å². The molecule has 5 unspecified atom stereocenters. The highest BCUT2D eigenvalue weighted by Crippen LogP contribution is 2.45. The number of amides is 3. The van der Waals surface area contributed by atoms with Gasteiger partial charge >= 0.3 is 12.1 Å². The molecular formula is C29H38N4O9. The summed E-state index contributed by atoms with van der Waals surface area (Å²) >= 11 is 0.